The van der Waals surface area contributed by atoms with Crippen molar-refractivity contribution in [2.45, 2.75) is 19.4 Å². The summed E-state index contributed by atoms with van der Waals surface area (Å²) >= 11 is 0. The van der Waals surface area contributed by atoms with E-state index in [9.17, 15) is 0 Å². The first-order valence-corrected chi connectivity index (χ1v) is 6.50. The first-order valence-electron chi connectivity index (χ1n) is 6.50. The number of nitrogens with one attached hydrogen (secondary N) is 1. The van der Waals surface area contributed by atoms with Gasteiger partial charge in [0, 0.05) is 6.54 Å². The highest BCUT2D eigenvalue weighted by Crippen LogP contribution is 2.28. The molecule has 0 saturated carbocycles. The minimum absolute atomic E-state index is 0.397. The third-order valence-corrected chi connectivity index (χ3v) is 3.44. The van der Waals surface area contributed by atoms with E-state index in [-0.39, 0.29) is 0 Å². The van der Waals surface area contributed by atoms with E-state index < -0.39 is 5.54 Å². The lowest BCUT2D eigenvalue weighted by Gasteiger charge is -2.31. The van der Waals surface area contributed by atoms with Gasteiger partial charge in [-0.3, -0.25) is 0 Å². The van der Waals surface area contributed by atoms with E-state index in [0.717, 1.165) is 16.9 Å². The predicted molar refractivity (Wildman–Crippen MR) is 79.8 cm³/mol. The number of anilines is 1. The highest BCUT2D eigenvalue weighted by Gasteiger charge is 2.26. The van der Waals surface area contributed by atoms with Crippen LogP contribution >= 0.6 is 0 Å². The van der Waals surface area contributed by atoms with Gasteiger partial charge in [0.15, 0.2) is 0 Å². The van der Waals surface area contributed by atoms with Gasteiger partial charge in [-0.05, 0) is 19.4 Å². The molecule has 0 aliphatic heterocycles. The van der Waals surface area contributed by atoms with E-state index in [0.29, 0.717) is 12.4 Å². The normalized spacial score (nSPS) is 13.6. The minimum Gasteiger partial charge on any atom is -0.481 e. The van der Waals surface area contributed by atoms with Crippen LogP contribution in [0.15, 0.2) is 36.7 Å². The predicted octanol–water partition coefficient (Wildman–Crippen LogP) is 2.08. The molecule has 0 spiro atoms. The summed E-state index contributed by atoms with van der Waals surface area (Å²) in [7, 11) is 1.60. The van der Waals surface area contributed by atoms with Crippen molar-refractivity contribution in [3.63, 3.8) is 0 Å². The zero-order chi connectivity index (χ0) is 14.6. The van der Waals surface area contributed by atoms with Crippen LogP contribution in [-0.4, -0.2) is 23.6 Å². The molecule has 0 radical (unpaired) electrons. The van der Waals surface area contributed by atoms with Gasteiger partial charge in [-0.2, -0.15) is 0 Å². The van der Waals surface area contributed by atoms with Gasteiger partial charge in [0.2, 0.25) is 5.88 Å². The Balaban J connectivity index is 2.36. The molecule has 0 saturated heterocycles. The van der Waals surface area contributed by atoms with Crippen molar-refractivity contribution in [3.05, 3.63) is 47.8 Å². The second-order valence-electron chi connectivity index (χ2n) is 4.88. The molecular weight excluding hydrogens is 252 g/mol. The Morgan fingerprint density at radius 3 is 2.55 bits per heavy atom. The molecule has 5 heteroatoms. The van der Waals surface area contributed by atoms with Crippen LogP contribution in [0.2, 0.25) is 0 Å². The Kier molecular flexibility index (Phi) is 4.20. The number of nitrogens with zero attached hydrogens (tertiary/aromatic N) is 2. The summed E-state index contributed by atoms with van der Waals surface area (Å²) < 4.78 is 5.22. The highest BCUT2D eigenvalue weighted by molar-refractivity contribution is 5.51. The van der Waals surface area contributed by atoms with E-state index in [1.165, 1.54) is 6.33 Å². The molecule has 1 atom stereocenters. The number of methoxy groups -OCH3 is 1. The van der Waals surface area contributed by atoms with Crippen molar-refractivity contribution in [1.29, 1.82) is 0 Å². The molecule has 0 aliphatic carbocycles. The van der Waals surface area contributed by atoms with Gasteiger partial charge in [0.1, 0.15) is 12.1 Å². The molecule has 2 rings (SSSR count). The summed E-state index contributed by atoms with van der Waals surface area (Å²) in [5.41, 5.74) is 7.55. The summed E-state index contributed by atoms with van der Waals surface area (Å²) in [5, 5.41) is 3.41. The van der Waals surface area contributed by atoms with Crippen LogP contribution in [0.3, 0.4) is 0 Å². The van der Waals surface area contributed by atoms with Crippen molar-refractivity contribution < 1.29 is 4.74 Å². The zero-order valence-corrected chi connectivity index (χ0v) is 12.1. The number of nitrogens with two attached hydrogens (primary N) is 1. The lowest BCUT2D eigenvalue weighted by molar-refractivity contribution is 0.393. The first-order chi connectivity index (χ1) is 9.60. The average Bonchev–Trinajstić information content (AvgIpc) is 2.50. The van der Waals surface area contributed by atoms with E-state index in [4.69, 9.17) is 10.5 Å². The molecule has 1 heterocycles. The SMILES string of the molecule is COc1ncnc(NC(C)(CN)c2ccccc2)c1C. The van der Waals surface area contributed by atoms with Gasteiger partial charge >= 0.3 is 0 Å². The highest BCUT2D eigenvalue weighted by atomic mass is 16.5. The van der Waals surface area contributed by atoms with Crippen LogP contribution in [0.25, 0.3) is 0 Å². The maximum absolute atomic E-state index is 5.97. The maximum Gasteiger partial charge on any atom is 0.221 e. The van der Waals surface area contributed by atoms with Crippen molar-refractivity contribution in [2.75, 3.05) is 19.0 Å². The average molecular weight is 272 g/mol. The van der Waals surface area contributed by atoms with Gasteiger partial charge < -0.3 is 15.8 Å². The lowest BCUT2D eigenvalue weighted by Crippen LogP contribution is -2.40. The molecule has 106 valence electrons. The second-order valence-corrected chi connectivity index (χ2v) is 4.88. The lowest BCUT2D eigenvalue weighted by atomic mass is 9.92. The number of ether oxygens (including phenoxy) is 1. The number of benzene rings is 1. The van der Waals surface area contributed by atoms with Crippen LogP contribution in [0, 0.1) is 6.92 Å². The number of hydrogen-bond acceptors (Lipinski definition) is 5. The van der Waals surface area contributed by atoms with Gasteiger partial charge in [0.25, 0.3) is 0 Å². The molecule has 1 unspecified atom stereocenters. The maximum atomic E-state index is 5.97. The molecule has 0 fully saturated rings. The Bertz CT molecular complexity index is 573. The van der Waals surface area contributed by atoms with Crippen LogP contribution in [0.4, 0.5) is 5.82 Å². The van der Waals surface area contributed by atoms with Gasteiger partial charge in [-0.1, -0.05) is 30.3 Å². The third-order valence-electron chi connectivity index (χ3n) is 3.44. The van der Waals surface area contributed by atoms with Crippen LogP contribution in [-0.2, 0) is 5.54 Å². The largest absolute Gasteiger partial charge is 0.481 e. The smallest absolute Gasteiger partial charge is 0.221 e. The van der Waals surface area contributed by atoms with E-state index in [1.54, 1.807) is 7.11 Å². The standard InChI is InChI=1S/C15H20N4O/c1-11-13(17-10-18-14(11)20-3)19-15(2,9-16)12-7-5-4-6-8-12/h4-8,10H,9,16H2,1-3H3,(H,17,18,19). The molecule has 5 nitrogen and oxygen atoms in total. The van der Waals surface area contributed by atoms with E-state index >= 15 is 0 Å². The summed E-state index contributed by atoms with van der Waals surface area (Å²) in [6.07, 6.45) is 1.48. The summed E-state index contributed by atoms with van der Waals surface area (Å²) in [4.78, 5) is 8.37. The van der Waals surface area contributed by atoms with Gasteiger partial charge in [-0.25, -0.2) is 9.97 Å². The first kappa shape index (κ1) is 14.3. The Morgan fingerprint density at radius 1 is 1.25 bits per heavy atom. The molecule has 1 aromatic heterocycles. The van der Waals surface area contributed by atoms with Crippen molar-refractivity contribution >= 4 is 5.82 Å². The summed E-state index contributed by atoms with van der Waals surface area (Å²) in [5.74, 6) is 1.29. The Labute approximate surface area is 119 Å². The Morgan fingerprint density at radius 2 is 1.95 bits per heavy atom. The molecule has 0 bridgehead atoms. The fourth-order valence-electron chi connectivity index (χ4n) is 2.07. The molecule has 0 amide bonds. The van der Waals surface area contributed by atoms with Gasteiger partial charge in [0.05, 0.1) is 18.2 Å². The van der Waals surface area contributed by atoms with Crippen molar-refractivity contribution in [3.8, 4) is 5.88 Å². The zero-order valence-electron chi connectivity index (χ0n) is 12.1. The number of aromatic nitrogens is 2. The monoisotopic (exact) mass is 272 g/mol. The second kappa shape index (κ2) is 5.88. The van der Waals surface area contributed by atoms with E-state index in [1.807, 2.05) is 37.3 Å². The molecule has 2 aromatic rings. The number of rotatable bonds is 5. The van der Waals surface area contributed by atoms with E-state index in [2.05, 4.69) is 22.2 Å². The third kappa shape index (κ3) is 2.72. The van der Waals surface area contributed by atoms with Crippen LogP contribution in [0.5, 0.6) is 5.88 Å². The number of hydrogen-bond donors (Lipinski definition) is 2. The van der Waals surface area contributed by atoms with Crippen LogP contribution in [0.1, 0.15) is 18.1 Å². The Hall–Kier alpha value is -2.14. The van der Waals surface area contributed by atoms with Gasteiger partial charge in [-0.15, -0.1) is 0 Å². The molecule has 20 heavy (non-hydrogen) atoms. The van der Waals surface area contributed by atoms with Crippen LogP contribution < -0.4 is 15.8 Å². The summed E-state index contributed by atoms with van der Waals surface area (Å²) in [6.45, 7) is 4.42. The molecule has 0 aliphatic rings. The molecule has 1 aromatic carbocycles. The fraction of sp³-hybridized carbons (Fsp3) is 0.333. The van der Waals surface area contributed by atoms with Crippen molar-refractivity contribution in [2.24, 2.45) is 5.73 Å². The summed E-state index contributed by atoms with van der Waals surface area (Å²) in [6, 6.07) is 10.1. The topological polar surface area (TPSA) is 73.1 Å². The fourth-order valence-corrected chi connectivity index (χ4v) is 2.07. The molecule has 3 N–H and O–H groups in total. The molecular formula is C15H20N4O. The minimum atomic E-state index is -0.397. The quantitative estimate of drug-likeness (QED) is 0.871. The van der Waals surface area contributed by atoms with Crippen molar-refractivity contribution in [1.82, 2.24) is 9.97 Å².